The lowest BCUT2D eigenvalue weighted by molar-refractivity contribution is 0.126. The first-order valence-electron chi connectivity index (χ1n) is 8.83. The standard InChI is InChI=1S/C18H24N6O/c1-12-10-24(11-20-12)23-17-9-16-15(3-2-8-19-16)18(22-17)21-13-4-6-14(25)7-5-13/h2-3,8-10,13-14,20,25H,4-7,11H2,1H3,(H2,21,22,23). The highest BCUT2D eigenvalue weighted by atomic mass is 16.3. The van der Waals surface area contributed by atoms with Crippen molar-refractivity contribution in [1.29, 1.82) is 0 Å². The summed E-state index contributed by atoms with van der Waals surface area (Å²) in [5, 5.41) is 19.5. The molecule has 25 heavy (non-hydrogen) atoms. The number of hydrogen-bond acceptors (Lipinski definition) is 7. The topological polar surface area (TPSA) is 85.3 Å². The quantitative estimate of drug-likeness (QED) is 0.680. The van der Waals surface area contributed by atoms with Gasteiger partial charge < -0.3 is 15.7 Å². The molecule has 1 saturated carbocycles. The van der Waals surface area contributed by atoms with Crippen molar-refractivity contribution in [3.63, 3.8) is 0 Å². The van der Waals surface area contributed by atoms with Gasteiger partial charge in [-0.25, -0.2) is 4.98 Å². The van der Waals surface area contributed by atoms with Crippen molar-refractivity contribution in [2.24, 2.45) is 0 Å². The van der Waals surface area contributed by atoms with Gasteiger partial charge in [-0.2, -0.15) is 0 Å². The van der Waals surface area contributed by atoms with Crippen LogP contribution in [0.5, 0.6) is 0 Å². The Balaban J connectivity index is 1.60. The van der Waals surface area contributed by atoms with Crippen molar-refractivity contribution in [2.75, 3.05) is 17.4 Å². The summed E-state index contributed by atoms with van der Waals surface area (Å²) in [5.41, 5.74) is 5.34. The molecule has 0 spiro atoms. The number of nitrogens with zero attached hydrogens (tertiary/aromatic N) is 3. The molecule has 2 aromatic rings. The third kappa shape index (κ3) is 3.61. The van der Waals surface area contributed by atoms with Crippen LogP contribution in [0.1, 0.15) is 32.6 Å². The molecular weight excluding hydrogens is 316 g/mol. The second-order valence-electron chi connectivity index (χ2n) is 6.80. The molecule has 0 saturated heterocycles. The van der Waals surface area contributed by atoms with Gasteiger partial charge in [-0.3, -0.25) is 15.4 Å². The fourth-order valence-electron chi connectivity index (χ4n) is 3.41. The minimum Gasteiger partial charge on any atom is -0.393 e. The monoisotopic (exact) mass is 340 g/mol. The largest absolute Gasteiger partial charge is 0.393 e. The molecule has 2 aromatic heterocycles. The molecule has 7 nitrogen and oxygen atoms in total. The Hall–Kier alpha value is -2.54. The summed E-state index contributed by atoms with van der Waals surface area (Å²) in [6, 6.07) is 6.28. The number of hydrogen-bond donors (Lipinski definition) is 4. The Morgan fingerprint density at radius 3 is 2.88 bits per heavy atom. The van der Waals surface area contributed by atoms with E-state index in [9.17, 15) is 5.11 Å². The summed E-state index contributed by atoms with van der Waals surface area (Å²) >= 11 is 0. The predicted molar refractivity (Wildman–Crippen MR) is 98.6 cm³/mol. The molecule has 1 aliphatic heterocycles. The molecule has 0 radical (unpaired) electrons. The van der Waals surface area contributed by atoms with Crippen LogP contribution in [0.2, 0.25) is 0 Å². The van der Waals surface area contributed by atoms with E-state index in [1.54, 1.807) is 6.20 Å². The van der Waals surface area contributed by atoms with Crippen molar-refractivity contribution >= 4 is 22.5 Å². The van der Waals surface area contributed by atoms with Crippen molar-refractivity contribution in [3.05, 3.63) is 36.3 Å². The minimum atomic E-state index is -0.157. The first-order chi connectivity index (χ1) is 12.2. The first kappa shape index (κ1) is 16.0. The molecule has 1 aliphatic carbocycles. The van der Waals surface area contributed by atoms with Crippen molar-refractivity contribution in [2.45, 2.75) is 44.8 Å². The molecule has 4 N–H and O–H groups in total. The van der Waals surface area contributed by atoms with Gasteiger partial charge in [0.15, 0.2) is 0 Å². The van der Waals surface area contributed by atoms with Gasteiger partial charge in [0.25, 0.3) is 0 Å². The Kier molecular flexibility index (Phi) is 4.31. The van der Waals surface area contributed by atoms with Crippen LogP contribution < -0.4 is 16.1 Å². The predicted octanol–water partition coefficient (Wildman–Crippen LogP) is 2.40. The van der Waals surface area contributed by atoms with E-state index in [2.05, 4.69) is 21.0 Å². The van der Waals surface area contributed by atoms with Gasteiger partial charge in [0.05, 0.1) is 11.6 Å². The van der Waals surface area contributed by atoms with Crippen LogP contribution in [-0.2, 0) is 0 Å². The molecule has 0 bridgehead atoms. The number of rotatable bonds is 4. The number of hydrazine groups is 1. The second-order valence-corrected chi connectivity index (χ2v) is 6.80. The number of aliphatic hydroxyl groups excluding tert-OH is 1. The summed E-state index contributed by atoms with van der Waals surface area (Å²) in [4.78, 5) is 9.27. The van der Waals surface area contributed by atoms with E-state index < -0.39 is 0 Å². The molecule has 1 fully saturated rings. The molecule has 132 valence electrons. The van der Waals surface area contributed by atoms with Gasteiger partial charge in [0.2, 0.25) is 0 Å². The highest BCUT2D eigenvalue weighted by Crippen LogP contribution is 2.27. The van der Waals surface area contributed by atoms with E-state index in [0.29, 0.717) is 12.7 Å². The van der Waals surface area contributed by atoms with E-state index in [0.717, 1.165) is 53.9 Å². The number of nitrogens with one attached hydrogen (secondary N) is 3. The van der Waals surface area contributed by atoms with Crippen molar-refractivity contribution in [3.8, 4) is 0 Å². The molecule has 0 unspecified atom stereocenters. The SMILES string of the molecule is CC1=CN(Nc2cc3ncccc3c(NC3CCC(O)CC3)n2)CN1. The third-order valence-corrected chi connectivity index (χ3v) is 4.77. The van der Waals surface area contributed by atoms with Gasteiger partial charge in [-0.15, -0.1) is 0 Å². The second kappa shape index (κ2) is 6.76. The molecule has 7 heteroatoms. The number of aromatic nitrogens is 2. The fraction of sp³-hybridized carbons (Fsp3) is 0.444. The zero-order valence-electron chi connectivity index (χ0n) is 14.4. The summed E-state index contributed by atoms with van der Waals surface area (Å²) in [6.45, 7) is 2.73. The number of aliphatic hydroxyl groups is 1. The Morgan fingerprint density at radius 2 is 2.12 bits per heavy atom. The van der Waals surface area contributed by atoms with E-state index in [1.807, 2.05) is 36.3 Å². The fourth-order valence-corrected chi connectivity index (χ4v) is 3.41. The van der Waals surface area contributed by atoms with Crippen molar-refractivity contribution in [1.82, 2.24) is 20.3 Å². The lowest BCUT2D eigenvalue weighted by Crippen LogP contribution is -2.29. The van der Waals surface area contributed by atoms with Gasteiger partial charge >= 0.3 is 0 Å². The lowest BCUT2D eigenvalue weighted by Gasteiger charge is -2.27. The molecular formula is C18H24N6O. The highest BCUT2D eigenvalue weighted by Gasteiger charge is 2.20. The minimum absolute atomic E-state index is 0.157. The van der Waals surface area contributed by atoms with Crippen LogP contribution >= 0.6 is 0 Å². The zero-order valence-corrected chi connectivity index (χ0v) is 14.4. The van der Waals surface area contributed by atoms with E-state index in [-0.39, 0.29) is 6.10 Å². The lowest BCUT2D eigenvalue weighted by atomic mass is 9.93. The molecule has 0 amide bonds. The van der Waals surface area contributed by atoms with Crippen molar-refractivity contribution < 1.29 is 5.11 Å². The maximum atomic E-state index is 9.71. The number of pyridine rings is 2. The van der Waals surface area contributed by atoms with Gasteiger partial charge in [-0.05, 0) is 44.7 Å². The van der Waals surface area contributed by atoms with E-state index in [4.69, 9.17) is 4.98 Å². The molecule has 2 aliphatic rings. The van der Waals surface area contributed by atoms with Crippen LogP contribution in [0.4, 0.5) is 11.6 Å². The molecule has 0 atom stereocenters. The number of allylic oxidation sites excluding steroid dienone is 1. The van der Waals surface area contributed by atoms with E-state index in [1.165, 1.54) is 0 Å². The Morgan fingerprint density at radius 1 is 1.28 bits per heavy atom. The number of anilines is 2. The Labute approximate surface area is 147 Å². The summed E-state index contributed by atoms with van der Waals surface area (Å²) in [6.07, 6.45) is 7.26. The average Bonchev–Trinajstić information content (AvgIpc) is 3.02. The molecule has 4 rings (SSSR count). The van der Waals surface area contributed by atoms with Crippen LogP contribution in [0.25, 0.3) is 10.9 Å². The smallest absolute Gasteiger partial charge is 0.149 e. The zero-order chi connectivity index (χ0) is 17.2. The van der Waals surface area contributed by atoms with Crippen LogP contribution in [0.15, 0.2) is 36.3 Å². The Bertz CT molecular complexity index is 784. The number of fused-ring (bicyclic) bond motifs is 1. The maximum absolute atomic E-state index is 9.71. The van der Waals surface area contributed by atoms with E-state index >= 15 is 0 Å². The van der Waals surface area contributed by atoms with Gasteiger partial charge in [-0.1, -0.05) is 0 Å². The molecule has 3 heterocycles. The van der Waals surface area contributed by atoms with Gasteiger partial charge in [0.1, 0.15) is 18.3 Å². The van der Waals surface area contributed by atoms with Crippen LogP contribution in [0, 0.1) is 0 Å². The third-order valence-electron chi connectivity index (χ3n) is 4.77. The first-order valence-corrected chi connectivity index (χ1v) is 8.83. The summed E-state index contributed by atoms with van der Waals surface area (Å²) in [5.74, 6) is 1.61. The normalized spacial score (nSPS) is 23.3. The summed E-state index contributed by atoms with van der Waals surface area (Å²) in [7, 11) is 0. The van der Waals surface area contributed by atoms with Crippen LogP contribution in [0.3, 0.4) is 0 Å². The highest BCUT2D eigenvalue weighted by molar-refractivity contribution is 5.91. The van der Waals surface area contributed by atoms with Gasteiger partial charge in [0, 0.05) is 35.6 Å². The maximum Gasteiger partial charge on any atom is 0.149 e. The summed E-state index contributed by atoms with van der Waals surface area (Å²) < 4.78 is 0. The van der Waals surface area contributed by atoms with Crippen LogP contribution in [-0.4, -0.2) is 38.9 Å². The molecule has 0 aromatic carbocycles. The average molecular weight is 340 g/mol.